The third-order valence-electron chi connectivity index (χ3n) is 4.95. The van der Waals surface area contributed by atoms with Crippen molar-refractivity contribution < 1.29 is 14.2 Å². The molecule has 1 atom stereocenters. The molecule has 0 unspecified atom stereocenters. The molecule has 2 heterocycles. The monoisotopic (exact) mass is 423 g/mol. The minimum absolute atomic E-state index is 0.149. The van der Waals surface area contributed by atoms with Gasteiger partial charge in [0.25, 0.3) is 6.17 Å². The topological polar surface area (TPSA) is 79.2 Å². The number of carbonyl (C=O) groups excluding carboxylic acids is 1. The van der Waals surface area contributed by atoms with Gasteiger partial charge in [0.05, 0.1) is 23.4 Å². The smallest absolute Gasteiger partial charge is 0.325 e. The normalized spacial score (nSPS) is 14.8. The van der Waals surface area contributed by atoms with Crippen LogP contribution >= 0.6 is 11.8 Å². The standard InChI is InChI=1S/C22H22N4O3S/c1-4-13-29-18-12-8-6-10-16(18)21-25(14(2)27)17-11-7-5-9-15(17)19-20(28)23-22(30-3)24-26(19)21/h5-12,21H,4,13H2,1-3H3/p+1/t21-/m1/s1. The van der Waals surface area contributed by atoms with Crippen LogP contribution in [0.1, 0.15) is 32.0 Å². The van der Waals surface area contributed by atoms with Gasteiger partial charge in [0.2, 0.25) is 11.1 Å². The lowest BCUT2D eigenvalue weighted by molar-refractivity contribution is -0.763. The van der Waals surface area contributed by atoms with Gasteiger partial charge in [-0.1, -0.05) is 43.0 Å². The largest absolute Gasteiger partial charge is 0.493 e. The van der Waals surface area contributed by atoms with E-state index in [-0.39, 0.29) is 11.5 Å². The summed E-state index contributed by atoms with van der Waals surface area (Å²) >= 11 is 1.34. The zero-order chi connectivity index (χ0) is 21.3. The summed E-state index contributed by atoms with van der Waals surface area (Å²) in [5.41, 5.74) is 2.27. The van der Waals surface area contributed by atoms with Crippen LogP contribution in [-0.2, 0) is 4.79 Å². The van der Waals surface area contributed by atoms with E-state index >= 15 is 0 Å². The van der Waals surface area contributed by atoms with E-state index in [1.54, 1.807) is 9.58 Å². The maximum absolute atomic E-state index is 13.1. The van der Waals surface area contributed by atoms with E-state index in [0.29, 0.717) is 34.5 Å². The SMILES string of the molecule is CCCOc1ccccc1[C@@H]1N(C(C)=O)c2ccccc2-c2c(=O)[nH]c(SC)n[n+]21. The molecule has 2 aromatic carbocycles. The average molecular weight is 424 g/mol. The number of fused-ring (bicyclic) bond motifs is 3. The molecule has 1 aliphatic heterocycles. The van der Waals surface area contributed by atoms with E-state index in [4.69, 9.17) is 4.74 Å². The Hall–Kier alpha value is -3.13. The lowest BCUT2D eigenvalue weighted by Gasteiger charge is -2.31. The van der Waals surface area contributed by atoms with E-state index in [2.05, 4.69) is 10.1 Å². The van der Waals surface area contributed by atoms with Gasteiger partial charge in [-0.25, -0.2) is 4.90 Å². The molecule has 0 saturated heterocycles. The number of hydrogen-bond donors (Lipinski definition) is 1. The molecule has 8 heteroatoms. The van der Waals surface area contributed by atoms with E-state index in [1.165, 1.54) is 18.7 Å². The average Bonchev–Trinajstić information content (AvgIpc) is 2.76. The van der Waals surface area contributed by atoms with Crippen molar-refractivity contribution in [2.45, 2.75) is 31.6 Å². The van der Waals surface area contributed by atoms with Crippen molar-refractivity contribution in [3.05, 3.63) is 64.4 Å². The number of carbonyl (C=O) groups is 1. The molecule has 3 aromatic rings. The molecule has 1 aliphatic rings. The first-order chi connectivity index (χ1) is 14.6. The number of H-pyrrole nitrogens is 1. The molecule has 7 nitrogen and oxygen atoms in total. The first-order valence-corrected chi connectivity index (χ1v) is 11.0. The zero-order valence-electron chi connectivity index (χ0n) is 17.1. The van der Waals surface area contributed by atoms with Gasteiger partial charge in [-0.2, -0.15) is 0 Å². The van der Waals surface area contributed by atoms with Crippen LogP contribution in [0.5, 0.6) is 5.75 Å². The molecule has 0 saturated carbocycles. The summed E-state index contributed by atoms with van der Waals surface area (Å²) in [6, 6.07) is 15.0. The highest BCUT2D eigenvalue weighted by atomic mass is 32.2. The van der Waals surface area contributed by atoms with Gasteiger partial charge in [-0.3, -0.25) is 14.6 Å². The Kier molecular flexibility index (Phi) is 5.59. The number of nitrogens with one attached hydrogen (secondary N) is 1. The van der Waals surface area contributed by atoms with Crippen molar-refractivity contribution in [2.24, 2.45) is 0 Å². The number of ether oxygens (including phenoxy) is 1. The second-order valence-electron chi connectivity index (χ2n) is 6.92. The van der Waals surface area contributed by atoms with Crippen molar-refractivity contribution in [1.82, 2.24) is 10.1 Å². The number of amides is 1. The van der Waals surface area contributed by atoms with Crippen molar-refractivity contribution in [2.75, 3.05) is 17.8 Å². The summed E-state index contributed by atoms with van der Waals surface area (Å²) in [5, 5.41) is 5.15. The van der Waals surface area contributed by atoms with Gasteiger partial charge in [-0.05, 0) is 41.6 Å². The highest BCUT2D eigenvalue weighted by molar-refractivity contribution is 7.98. The molecule has 0 aliphatic carbocycles. The molecule has 0 radical (unpaired) electrons. The molecule has 1 amide bonds. The first kappa shape index (κ1) is 20.2. The molecular weight excluding hydrogens is 400 g/mol. The number of aromatic nitrogens is 3. The number of para-hydroxylation sites is 2. The summed E-state index contributed by atoms with van der Waals surface area (Å²) in [7, 11) is 0. The third kappa shape index (κ3) is 3.37. The number of aromatic amines is 1. The molecule has 30 heavy (non-hydrogen) atoms. The second kappa shape index (κ2) is 8.31. The lowest BCUT2D eigenvalue weighted by atomic mass is 10.0. The van der Waals surface area contributed by atoms with E-state index in [1.807, 2.05) is 61.7 Å². The summed E-state index contributed by atoms with van der Waals surface area (Å²) in [6.07, 6.45) is 2.06. The molecule has 1 aromatic heterocycles. The van der Waals surface area contributed by atoms with Crippen LogP contribution in [0.4, 0.5) is 5.69 Å². The van der Waals surface area contributed by atoms with Crippen LogP contribution in [0, 0.1) is 0 Å². The molecule has 4 rings (SSSR count). The molecule has 0 bridgehead atoms. The van der Waals surface area contributed by atoms with Gasteiger partial charge < -0.3 is 4.74 Å². The Morgan fingerprint density at radius 3 is 2.70 bits per heavy atom. The summed E-state index contributed by atoms with van der Waals surface area (Å²) < 4.78 is 7.63. The first-order valence-electron chi connectivity index (χ1n) is 9.77. The van der Waals surface area contributed by atoms with E-state index in [9.17, 15) is 9.59 Å². The predicted octanol–water partition coefficient (Wildman–Crippen LogP) is 3.15. The number of rotatable bonds is 5. The number of nitrogens with zero attached hydrogens (tertiary/aromatic N) is 3. The fourth-order valence-electron chi connectivity index (χ4n) is 3.72. The fraction of sp³-hybridized carbons (Fsp3) is 0.273. The number of hydrogen-bond acceptors (Lipinski definition) is 5. The van der Waals surface area contributed by atoms with Gasteiger partial charge in [0.15, 0.2) is 0 Å². The lowest BCUT2D eigenvalue weighted by Crippen LogP contribution is -2.60. The van der Waals surface area contributed by atoms with E-state index < -0.39 is 6.17 Å². The Labute approximate surface area is 178 Å². The summed E-state index contributed by atoms with van der Waals surface area (Å²) in [6.45, 7) is 4.11. The zero-order valence-corrected chi connectivity index (χ0v) is 17.9. The Bertz CT molecular complexity index is 1160. The summed E-state index contributed by atoms with van der Waals surface area (Å²) in [5.74, 6) is 0.518. The van der Waals surface area contributed by atoms with Gasteiger partial charge in [0, 0.05) is 12.0 Å². The maximum Gasteiger partial charge on any atom is 0.325 e. The van der Waals surface area contributed by atoms with Crippen molar-refractivity contribution in [3.8, 4) is 17.0 Å². The molecule has 0 fully saturated rings. The molecule has 154 valence electrons. The number of thioether (sulfide) groups is 1. The summed E-state index contributed by atoms with van der Waals surface area (Å²) in [4.78, 5) is 30.4. The molecular formula is C22H23N4O3S+. The minimum Gasteiger partial charge on any atom is -0.493 e. The van der Waals surface area contributed by atoms with Crippen LogP contribution in [-0.4, -0.2) is 28.9 Å². The van der Waals surface area contributed by atoms with Gasteiger partial charge in [-0.15, -0.1) is 0 Å². The van der Waals surface area contributed by atoms with Crippen LogP contribution in [0.3, 0.4) is 0 Å². The van der Waals surface area contributed by atoms with Crippen molar-refractivity contribution in [1.29, 1.82) is 0 Å². The molecule has 1 N–H and O–H groups in total. The molecule has 0 spiro atoms. The second-order valence-corrected chi connectivity index (χ2v) is 7.72. The minimum atomic E-state index is -0.645. The highest BCUT2D eigenvalue weighted by Gasteiger charge is 2.45. The van der Waals surface area contributed by atoms with Crippen LogP contribution in [0.15, 0.2) is 58.5 Å². The quantitative estimate of drug-likeness (QED) is 0.504. The Balaban J connectivity index is 2.05. The van der Waals surface area contributed by atoms with Gasteiger partial charge >= 0.3 is 11.3 Å². The Morgan fingerprint density at radius 1 is 1.23 bits per heavy atom. The fourth-order valence-corrected chi connectivity index (χ4v) is 4.09. The number of benzene rings is 2. The van der Waals surface area contributed by atoms with E-state index in [0.717, 1.165) is 12.0 Å². The third-order valence-corrected chi connectivity index (χ3v) is 5.52. The highest BCUT2D eigenvalue weighted by Crippen LogP contribution is 2.39. The van der Waals surface area contributed by atoms with Crippen LogP contribution in [0.25, 0.3) is 11.3 Å². The van der Waals surface area contributed by atoms with Crippen molar-refractivity contribution >= 4 is 23.4 Å². The van der Waals surface area contributed by atoms with Crippen LogP contribution < -0.4 is 19.9 Å². The van der Waals surface area contributed by atoms with Crippen LogP contribution in [0.2, 0.25) is 0 Å². The van der Waals surface area contributed by atoms with Gasteiger partial charge in [0.1, 0.15) is 5.75 Å². The number of anilines is 1. The Morgan fingerprint density at radius 2 is 1.97 bits per heavy atom. The van der Waals surface area contributed by atoms with Crippen molar-refractivity contribution in [3.63, 3.8) is 0 Å². The predicted molar refractivity (Wildman–Crippen MR) is 116 cm³/mol. The maximum atomic E-state index is 13.1.